The number of aromatic nitrogens is 4. The van der Waals surface area contributed by atoms with Crippen molar-refractivity contribution >= 4 is 21.8 Å². The molecule has 0 atom stereocenters. The first kappa shape index (κ1) is 24.7. The molecule has 4 aromatic carbocycles. The molecule has 0 aliphatic heterocycles. The average molecular weight is 558 g/mol. The zero-order valence-electron chi connectivity index (χ0n) is 23.9. The lowest BCUT2D eigenvalue weighted by Crippen LogP contribution is -2.48. The van der Waals surface area contributed by atoms with Gasteiger partial charge in [-0.3, -0.25) is 4.57 Å². The molecule has 4 aliphatic carbocycles. The van der Waals surface area contributed by atoms with Crippen LogP contribution in [0.25, 0.3) is 50.5 Å². The summed E-state index contributed by atoms with van der Waals surface area (Å²) >= 11 is 0. The lowest BCUT2D eigenvalue weighted by Gasteiger charge is -2.57. The molecular weight excluding hydrogens is 526 g/mol. The normalized spacial score (nSPS) is 24.0. The molecule has 43 heavy (non-hydrogen) atoms. The molecule has 5 heteroatoms. The van der Waals surface area contributed by atoms with Crippen molar-refractivity contribution in [1.29, 1.82) is 5.26 Å². The Morgan fingerprint density at radius 1 is 0.628 bits per heavy atom. The number of benzene rings is 4. The molecule has 2 aromatic heterocycles. The number of hydrogen-bond acceptors (Lipinski definition) is 4. The van der Waals surface area contributed by atoms with Crippen LogP contribution in [0.3, 0.4) is 0 Å². The van der Waals surface area contributed by atoms with E-state index in [4.69, 9.17) is 15.0 Å². The van der Waals surface area contributed by atoms with Crippen LogP contribution >= 0.6 is 0 Å². The summed E-state index contributed by atoms with van der Waals surface area (Å²) in [7, 11) is 0. The molecule has 0 radical (unpaired) electrons. The standard InChI is InChI=1S/C38H31N5/c39-23-24-6-5-7-29(19-24)36-40-35(28-12-14-30(15-13-28)38-20-25-16-26(21-38)18-27(17-25)22-38)41-37(42-36)43-33-10-3-1-8-31(33)32-9-2-4-11-34(32)43/h1-15,19,25-27H,16-18,20-22H2. The van der Waals surface area contributed by atoms with E-state index in [1.807, 2.05) is 24.3 Å². The van der Waals surface area contributed by atoms with Crippen LogP contribution in [-0.4, -0.2) is 19.5 Å². The van der Waals surface area contributed by atoms with E-state index in [0.29, 0.717) is 28.6 Å². The SMILES string of the molecule is N#Cc1cccc(-c2nc(-c3ccc(C45CC6CC(CC(C6)C4)C5)cc3)nc(-n3c4ccccc4c4ccccc43)n2)c1. The van der Waals surface area contributed by atoms with Crippen molar-refractivity contribution in [2.24, 2.45) is 17.8 Å². The number of nitrogens with zero attached hydrogens (tertiary/aromatic N) is 5. The second-order valence-corrected chi connectivity index (χ2v) is 13.1. The molecule has 0 amide bonds. The maximum absolute atomic E-state index is 9.59. The Labute approximate surface area is 250 Å². The summed E-state index contributed by atoms with van der Waals surface area (Å²) in [6, 6.07) is 35.7. The van der Waals surface area contributed by atoms with Gasteiger partial charge in [-0.2, -0.15) is 15.2 Å². The van der Waals surface area contributed by atoms with Gasteiger partial charge in [0.15, 0.2) is 11.6 Å². The van der Waals surface area contributed by atoms with Crippen LogP contribution in [0, 0.1) is 29.1 Å². The van der Waals surface area contributed by atoms with Gasteiger partial charge in [0.05, 0.1) is 22.7 Å². The molecule has 4 fully saturated rings. The van der Waals surface area contributed by atoms with E-state index in [-0.39, 0.29) is 0 Å². The average Bonchev–Trinajstić information content (AvgIpc) is 3.38. The van der Waals surface area contributed by atoms with E-state index in [1.165, 1.54) is 44.1 Å². The third kappa shape index (κ3) is 3.93. The lowest BCUT2D eigenvalue weighted by molar-refractivity contribution is -0.00518. The first-order chi connectivity index (χ1) is 21.2. The van der Waals surface area contributed by atoms with Crippen LogP contribution in [-0.2, 0) is 5.41 Å². The highest BCUT2D eigenvalue weighted by molar-refractivity contribution is 6.08. The van der Waals surface area contributed by atoms with Crippen LogP contribution in [0.2, 0.25) is 0 Å². The molecule has 10 rings (SSSR count). The van der Waals surface area contributed by atoms with Crippen molar-refractivity contribution in [1.82, 2.24) is 19.5 Å². The van der Waals surface area contributed by atoms with Gasteiger partial charge in [0.1, 0.15) is 0 Å². The van der Waals surface area contributed by atoms with E-state index in [1.54, 1.807) is 0 Å². The van der Waals surface area contributed by atoms with E-state index < -0.39 is 0 Å². The first-order valence-corrected chi connectivity index (χ1v) is 15.5. The highest BCUT2D eigenvalue weighted by Gasteiger charge is 2.51. The minimum Gasteiger partial charge on any atom is -0.278 e. The molecule has 5 nitrogen and oxygen atoms in total. The summed E-state index contributed by atoms with van der Waals surface area (Å²) in [6.07, 6.45) is 8.39. The Morgan fingerprint density at radius 2 is 1.21 bits per heavy atom. The van der Waals surface area contributed by atoms with Gasteiger partial charge < -0.3 is 0 Å². The second kappa shape index (κ2) is 9.34. The topological polar surface area (TPSA) is 67.4 Å². The lowest BCUT2D eigenvalue weighted by atomic mass is 9.48. The molecule has 0 spiro atoms. The minimum absolute atomic E-state index is 0.351. The summed E-state index contributed by atoms with van der Waals surface area (Å²) in [6.45, 7) is 0. The fraction of sp³-hybridized carbons (Fsp3) is 0.263. The second-order valence-electron chi connectivity index (χ2n) is 13.1. The van der Waals surface area contributed by atoms with Gasteiger partial charge in [-0.15, -0.1) is 0 Å². The minimum atomic E-state index is 0.351. The highest BCUT2D eigenvalue weighted by Crippen LogP contribution is 2.60. The Hall–Kier alpha value is -4.82. The molecule has 208 valence electrons. The predicted molar refractivity (Wildman–Crippen MR) is 170 cm³/mol. The number of hydrogen-bond donors (Lipinski definition) is 0. The van der Waals surface area contributed by atoms with E-state index in [2.05, 4.69) is 83.4 Å². The Kier molecular flexibility index (Phi) is 5.38. The van der Waals surface area contributed by atoms with Crippen molar-refractivity contribution in [2.75, 3.05) is 0 Å². The van der Waals surface area contributed by atoms with E-state index in [9.17, 15) is 5.26 Å². The number of nitriles is 1. The third-order valence-corrected chi connectivity index (χ3v) is 10.4. The molecule has 4 saturated carbocycles. The molecule has 0 N–H and O–H groups in total. The van der Waals surface area contributed by atoms with Gasteiger partial charge in [-0.05, 0) is 91.5 Å². The largest absolute Gasteiger partial charge is 0.278 e. The molecule has 4 bridgehead atoms. The van der Waals surface area contributed by atoms with Crippen molar-refractivity contribution in [3.05, 3.63) is 108 Å². The number of para-hydroxylation sites is 2. The quantitative estimate of drug-likeness (QED) is 0.218. The predicted octanol–water partition coefficient (Wildman–Crippen LogP) is 8.64. The van der Waals surface area contributed by atoms with Gasteiger partial charge in [-0.25, -0.2) is 4.98 Å². The number of fused-ring (bicyclic) bond motifs is 3. The van der Waals surface area contributed by atoms with Gasteiger partial charge in [0.25, 0.3) is 0 Å². The Bertz CT molecular complexity index is 1990. The molecule has 0 saturated heterocycles. The summed E-state index contributed by atoms with van der Waals surface area (Å²) in [5.74, 6) is 4.51. The fourth-order valence-corrected chi connectivity index (χ4v) is 9.03. The summed E-state index contributed by atoms with van der Waals surface area (Å²) in [5.41, 5.74) is 6.31. The zero-order chi connectivity index (χ0) is 28.5. The van der Waals surface area contributed by atoms with Crippen molar-refractivity contribution < 1.29 is 0 Å². The monoisotopic (exact) mass is 557 g/mol. The molecular formula is C38H31N5. The number of rotatable bonds is 4. The van der Waals surface area contributed by atoms with Gasteiger partial charge in [0.2, 0.25) is 5.95 Å². The van der Waals surface area contributed by atoms with Crippen LogP contribution in [0.15, 0.2) is 97.1 Å². The maximum Gasteiger partial charge on any atom is 0.238 e. The van der Waals surface area contributed by atoms with E-state index >= 15 is 0 Å². The van der Waals surface area contributed by atoms with Crippen LogP contribution < -0.4 is 0 Å². The highest BCUT2D eigenvalue weighted by atomic mass is 15.2. The van der Waals surface area contributed by atoms with Gasteiger partial charge >= 0.3 is 0 Å². The van der Waals surface area contributed by atoms with E-state index in [0.717, 1.165) is 50.7 Å². The van der Waals surface area contributed by atoms with Crippen molar-refractivity contribution in [3.8, 4) is 34.8 Å². The van der Waals surface area contributed by atoms with Crippen LogP contribution in [0.4, 0.5) is 0 Å². The fourth-order valence-electron chi connectivity index (χ4n) is 9.03. The van der Waals surface area contributed by atoms with Gasteiger partial charge in [-0.1, -0.05) is 72.8 Å². The smallest absolute Gasteiger partial charge is 0.238 e. The molecule has 0 unspecified atom stereocenters. The Morgan fingerprint density at radius 3 is 1.81 bits per heavy atom. The Balaban J connectivity index is 1.21. The maximum atomic E-state index is 9.59. The van der Waals surface area contributed by atoms with Gasteiger partial charge in [0, 0.05) is 21.9 Å². The molecule has 6 aromatic rings. The van der Waals surface area contributed by atoms with Crippen molar-refractivity contribution in [2.45, 2.75) is 43.9 Å². The van der Waals surface area contributed by atoms with Crippen molar-refractivity contribution in [3.63, 3.8) is 0 Å². The summed E-state index contributed by atoms with van der Waals surface area (Å²) in [4.78, 5) is 15.1. The van der Waals surface area contributed by atoms with Crippen LogP contribution in [0.5, 0.6) is 0 Å². The summed E-state index contributed by atoms with van der Waals surface area (Å²) in [5, 5.41) is 11.9. The summed E-state index contributed by atoms with van der Waals surface area (Å²) < 4.78 is 2.14. The third-order valence-electron chi connectivity index (χ3n) is 10.4. The zero-order valence-corrected chi connectivity index (χ0v) is 23.9. The first-order valence-electron chi connectivity index (χ1n) is 15.5. The van der Waals surface area contributed by atoms with Crippen LogP contribution in [0.1, 0.15) is 49.7 Å². The molecule has 4 aliphatic rings. The molecule has 2 heterocycles.